The van der Waals surface area contributed by atoms with Gasteiger partial charge in [-0.05, 0) is 34.1 Å². The molecular weight excluding hydrogens is 328 g/mol. The molecule has 6 nitrogen and oxygen atoms in total. The fourth-order valence-corrected chi connectivity index (χ4v) is 1.85. The van der Waals surface area contributed by atoms with Crippen molar-refractivity contribution in [3.63, 3.8) is 0 Å². The molecule has 108 valence electrons. The molecule has 0 atom stereocenters. The highest BCUT2D eigenvalue weighted by atomic mass is 79.9. The van der Waals surface area contributed by atoms with Crippen LogP contribution in [0.15, 0.2) is 35.3 Å². The van der Waals surface area contributed by atoms with Gasteiger partial charge in [0.05, 0.1) is 17.9 Å². The van der Waals surface area contributed by atoms with E-state index in [1.807, 2.05) is 0 Å². The van der Waals surface area contributed by atoms with Crippen LogP contribution in [-0.2, 0) is 0 Å². The summed E-state index contributed by atoms with van der Waals surface area (Å²) in [6, 6.07) is 3.89. The molecular formula is C13H15BrN2O4. The van der Waals surface area contributed by atoms with E-state index in [1.165, 1.54) is 23.1 Å². The number of urea groups is 1. The number of carboxylic acid groups (broad SMARTS) is 1. The van der Waals surface area contributed by atoms with Gasteiger partial charge >= 0.3 is 12.0 Å². The molecule has 2 amide bonds. The number of carbonyl (C=O) groups is 2. The number of benzene rings is 1. The molecule has 0 radical (unpaired) electrons. The van der Waals surface area contributed by atoms with Gasteiger partial charge in [-0.2, -0.15) is 0 Å². The number of nitrogens with one attached hydrogen (secondary N) is 1. The van der Waals surface area contributed by atoms with Crippen LogP contribution in [-0.4, -0.2) is 46.8 Å². The maximum absolute atomic E-state index is 12.0. The third kappa shape index (κ3) is 4.36. The van der Waals surface area contributed by atoms with Crippen LogP contribution in [0.3, 0.4) is 0 Å². The van der Waals surface area contributed by atoms with Crippen LogP contribution in [0.5, 0.6) is 0 Å². The van der Waals surface area contributed by atoms with Gasteiger partial charge in [-0.1, -0.05) is 6.08 Å². The van der Waals surface area contributed by atoms with E-state index in [1.54, 1.807) is 6.07 Å². The molecule has 0 bridgehead atoms. The van der Waals surface area contributed by atoms with Gasteiger partial charge in [0.15, 0.2) is 0 Å². The van der Waals surface area contributed by atoms with Crippen LogP contribution in [0.2, 0.25) is 0 Å². The minimum Gasteiger partial charge on any atom is -0.478 e. The number of rotatable bonds is 6. The molecule has 0 saturated heterocycles. The molecule has 0 aliphatic carbocycles. The maximum atomic E-state index is 12.0. The third-order valence-corrected chi connectivity index (χ3v) is 3.15. The van der Waals surface area contributed by atoms with E-state index < -0.39 is 12.0 Å². The van der Waals surface area contributed by atoms with Gasteiger partial charge in [0.1, 0.15) is 0 Å². The Morgan fingerprint density at radius 3 is 2.70 bits per heavy atom. The lowest BCUT2D eigenvalue weighted by Crippen LogP contribution is -2.37. The first-order valence-corrected chi connectivity index (χ1v) is 6.59. The standard InChI is InChI=1S/C13H15BrN2O4/c1-2-5-16(6-7-17)13(20)15-11-8-9(12(18)19)3-4-10(11)14/h2-4,8,17H,1,5-7H2,(H,15,20)(H,18,19). The molecule has 0 unspecified atom stereocenters. The third-order valence-electron chi connectivity index (χ3n) is 2.46. The fraction of sp³-hybridized carbons (Fsp3) is 0.231. The number of amides is 2. The lowest BCUT2D eigenvalue weighted by molar-refractivity contribution is 0.0697. The lowest BCUT2D eigenvalue weighted by atomic mass is 10.2. The molecule has 1 aromatic rings. The Morgan fingerprint density at radius 2 is 2.15 bits per heavy atom. The smallest absolute Gasteiger partial charge is 0.335 e. The molecule has 7 heteroatoms. The summed E-state index contributed by atoms with van der Waals surface area (Å²) in [6.45, 7) is 3.81. The van der Waals surface area contributed by atoms with Crippen molar-refractivity contribution in [1.82, 2.24) is 4.90 Å². The highest BCUT2D eigenvalue weighted by molar-refractivity contribution is 9.10. The van der Waals surface area contributed by atoms with E-state index in [0.29, 0.717) is 10.2 Å². The number of nitrogens with zero attached hydrogens (tertiary/aromatic N) is 1. The predicted octanol–water partition coefficient (Wildman–Crippen LogP) is 2.16. The average Bonchev–Trinajstić information content (AvgIpc) is 2.40. The van der Waals surface area contributed by atoms with Crippen molar-refractivity contribution >= 4 is 33.6 Å². The molecule has 0 aliphatic rings. The summed E-state index contributed by atoms with van der Waals surface area (Å²) < 4.78 is 0.568. The van der Waals surface area contributed by atoms with Gasteiger partial charge in [-0.25, -0.2) is 9.59 Å². The molecule has 0 heterocycles. The van der Waals surface area contributed by atoms with Gasteiger partial charge in [-0.15, -0.1) is 6.58 Å². The van der Waals surface area contributed by atoms with Gasteiger partial charge in [0.2, 0.25) is 0 Å². The SMILES string of the molecule is C=CCN(CCO)C(=O)Nc1cc(C(=O)O)ccc1Br. The van der Waals surface area contributed by atoms with Crippen LogP contribution in [0.1, 0.15) is 10.4 Å². The average molecular weight is 343 g/mol. The van der Waals surface area contributed by atoms with Crippen LogP contribution in [0, 0.1) is 0 Å². The van der Waals surface area contributed by atoms with Crippen molar-refractivity contribution in [2.45, 2.75) is 0 Å². The Balaban J connectivity index is 2.90. The Labute approximate surface area is 124 Å². The number of hydrogen-bond donors (Lipinski definition) is 3. The molecule has 0 aliphatic heterocycles. The molecule has 0 saturated carbocycles. The Bertz CT molecular complexity index is 519. The van der Waals surface area contributed by atoms with Crippen LogP contribution in [0.25, 0.3) is 0 Å². The van der Waals surface area contributed by atoms with E-state index >= 15 is 0 Å². The second kappa shape index (κ2) is 7.66. The number of halogens is 1. The van der Waals surface area contributed by atoms with Crippen LogP contribution < -0.4 is 5.32 Å². The number of carboxylic acids is 1. The van der Waals surface area contributed by atoms with Crippen molar-refractivity contribution in [1.29, 1.82) is 0 Å². The zero-order chi connectivity index (χ0) is 15.1. The Morgan fingerprint density at radius 1 is 1.45 bits per heavy atom. The highest BCUT2D eigenvalue weighted by Gasteiger charge is 2.14. The highest BCUT2D eigenvalue weighted by Crippen LogP contribution is 2.24. The Hall–Kier alpha value is -1.86. The summed E-state index contributed by atoms with van der Waals surface area (Å²) in [7, 11) is 0. The van der Waals surface area contributed by atoms with Gasteiger partial charge < -0.3 is 20.4 Å². The van der Waals surface area contributed by atoms with Crippen LogP contribution in [0.4, 0.5) is 10.5 Å². The first kappa shape index (κ1) is 16.2. The Kier molecular flexibility index (Phi) is 6.20. The monoisotopic (exact) mass is 342 g/mol. The van der Waals surface area contributed by atoms with Crippen molar-refractivity contribution in [2.75, 3.05) is 25.0 Å². The van der Waals surface area contributed by atoms with Gasteiger partial charge in [0, 0.05) is 17.6 Å². The van der Waals surface area contributed by atoms with E-state index in [2.05, 4.69) is 27.8 Å². The molecule has 3 N–H and O–H groups in total. The predicted molar refractivity (Wildman–Crippen MR) is 79.0 cm³/mol. The summed E-state index contributed by atoms with van der Waals surface area (Å²) in [4.78, 5) is 24.3. The fourth-order valence-electron chi connectivity index (χ4n) is 1.50. The quantitative estimate of drug-likeness (QED) is 0.691. The maximum Gasteiger partial charge on any atom is 0.335 e. The zero-order valence-electron chi connectivity index (χ0n) is 10.7. The topological polar surface area (TPSA) is 89.9 Å². The zero-order valence-corrected chi connectivity index (χ0v) is 12.3. The second-order valence-corrected chi connectivity index (χ2v) is 4.74. The summed E-state index contributed by atoms with van der Waals surface area (Å²) in [5, 5.41) is 20.4. The van der Waals surface area contributed by atoms with Crippen molar-refractivity contribution in [3.8, 4) is 0 Å². The number of aliphatic hydroxyl groups is 1. The first-order chi connectivity index (χ1) is 9.49. The van der Waals surface area contributed by atoms with Crippen LogP contribution >= 0.6 is 15.9 Å². The van der Waals surface area contributed by atoms with E-state index in [4.69, 9.17) is 10.2 Å². The molecule has 1 rings (SSSR count). The normalized spacial score (nSPS) is 9.90. The number of hydrogen-bond acceptors (Lipinski definition) is 3. The van der Waals surface area contributed by atoms with Crippen molar-refractivity contribution in [2.24, 2.45) is 0 Å². The van der Waals surface area contributed by atoms with E-state index in [0.717, 1.165) is 0 Å². The molecule has 1 aromatic carbocycles. The lowest BCUT2D eigenvalue weighted by Gasteiger charge is -2.21. The number of anilines is 1. The van der Waals surface area contributed by atoms with Crippen molar-refractivity contribution in [3.05, 3.63) is 40.9 Å². The first-order valence-electron chi connectivity index (χ1n) is 5.80. The minimum atomic E-state index is -1.08. The van der Waals surface area contributed by atoms with E-state index in [9.17, 15) is 9.59 Å². The van der Waals surface area contributed by atoms with E-state index in [-0.39, 0.29) is 25.3 Å². The largest absolute Gasteiger partial charge is 0.478 e. The summed E-state index contributed by atoms with van der Waals surface area (Å²) in [5.41, 5.74) is 0.419. The molecule has 0 aromatic heterocycles. The summed E-state index contributed by atoms with van der Waals surface area (Å²) in [5.74, 6) is -1.08. The van der Waals surface area contributed by atoms with Gasteiger partial charge in [0.25, 0.3) is 0 Å². The number of carbonyl (C=O) groups excluding carboxylic acids is 1. The minimum absolute atomic E-state index is 0.0703. The molecule has 0 fully saturated rings. The molecule has 20 heavy (non-hydrogen) atoms. The second-order valence-electron chi connectivity index (χ2n) is 3.89. The molecule has 0 spiro atoms. The number of aromatic carboxylic acids is 1. The summed E-state index contributed by atoms with van der Waals surface area (Å²) in [6.07, 6.45) is 1.54. The van der Waals surface area contributed by atoms with Crippen molar-refractivity contribution < 1.29 is 19.8 Å². The van der Waals surface area contributed by atoms with Gasteiger partial charge in [-0.3, -0.25) is 0 Å². The number of aliphatic hydroxyl groups excluding tert-OH is 1. The summed E-state index contributed by atoms with van der Waals surface area (Å²) >= 11 is 3.24.